The van der Waals surface area contributed by atoms with E-state index < -0.39 is 29.3 Å². The van der Waals surface area contributed by atoms with E-state index in [1.165, 1.54) is 6.92 Å². The number of carbonyl (C=O) groups excluding carboxylic acids is 5. The van der Waals surface area contributed by atoms with Gasteiger partial charge < -0.3 is 30.9 Å². The Bertz CT molecular complexity index is 734. The first-order chi connectivity index (χ1) is 17.3. The quantitative estimate of drug-likeness (QED) is 0.159. The van der Waals surface area contributed by atoms with Gasteiger partial charge in [0.05, 0.1) is 31.8 Å². The maximum atomic E-state index is 12.9. The Kier molecular flexibility index (Phi) is 17.6. The molecule has 0 fully saturated rings. The van der Waals surface area contributed by atoms with Crippen LogP contribution in [-0.4, -0.2) is 80.0 Å². The maximum absolute atomic E-state index is 12.9. The van der Waals surface area contributed by atoms with Gasteiger partial charge in [-0.25, -0.2) is 0 Å². The molecule has 3 amide bonds. The number of amides is 3. The number of ether oxygens (including phenoxy) is 2. The van der Waals surface area contributed by atoms with Crippen LogP contribution in [0.1, 0.15) is 73.1 Å². The monoisotopic (exact) mass is 529 g/mol. The zero-order chi connectivity index (χ0) is 28.4. The molecule has 0 rings (SSSR count). The zero-order valence-electron chi connectivity index (χ0n) is 23.1. The molecule has 0 unspecified atom stereocenters. The van der Waals surface area contributed by atoms with E-state index in [2.05, 4.69) is 10.6 Å². The molecule has 0 radical (unpaired) electrons. The van der Waals surface area contributed by atoms with E-state index in [-0.39, 0.29) is 49.4 Å². The summed E-state index contributed by atoms with van der Waals surface area (Å²) in [5.74, 6) is -2.96. The second-order valence-electron chi connectivity index (χ2n) is 10.2. The lowest BCUT2D eigenvalue weighted by atomic mass is 9.80. The number of Topliss-reactive ketones (excluding diaryl/α,β-unsaturated/α-hetero) is 2. The Labute approximate surface area is 220 Å². The van der Waals surface area contributed by atoms with Gasteiger partial charge in [0.2, 0.25) is 17.7 Å². The third-order valence-electron chi connectivity index (χ3n) is 5.89. The van der Waals surface area contributed by atoms with Crippen LogP contribution in [0.2, 0.25) is 0 Å². The molecule has 5 N–H and O–H groups in total. The zero-order valence-corrected chi connectivity index (χ0v) is 23.1. The smallest absolute Gasteiger partial charge is 0.245 e. The van der Waals surface area contributed by atoms with E-state index in [1.807, 2.05) is 0 Å². The molecule has 11 heteroatoms. The van der Waals surface area contributed by atoms with Crippen LogP contribution in [0.25, 0.3) is 0 Å². The van der Waals surface area contributed by atoms with E-state index in [0.29, 0.717) is 52.0 Å². The van der Waals surface area contributed by atoms with E-state index in [1.54, 1.807) is 27.7 Å². The lowest BCUT2D eigenvalue weighted by Crippen LogP contribution is -2.36. The van der Waals surface area contributed by atoms with Crippen molar-refractivity contribution in [3.05, 3.63) is 0 Å². The van der Waals surface area contributed by atoms with Gasteiger partial charge in [-0.15, -0.1) is 0 Å². The Hall–Kier alpha value is -2.37. The molecule has 0 aliphatic carbocycles. The summed E-state index contributed by atoms with van der Waals surface area (Å²) in [6.07, 6.45) is 0.831. The summed E-state index contributed by atoms with van der Waals surface area (Å²) in [7, 11) is 0. The van der Waals surface area contributed by atoms with Crippen molar-refractivity contribution < 1.29 is 38.6 Å². The molecule has 3 atom stereocenters. The average molecular weight is 530 g/mol. The molecular formula is C26H47N3O8. The summed E-state index contributed by atoms with van der Waals surface area (Å²) in [4.78, 5) is 60.0. The van der Waals surface area contributed by atoms with E-state index in [0.717, 1.165) is 0 Å². The van der Waals surface area contributed by atoms with Crippen LogP contribution in [0, 0.1) is 17.3 Å². The number of carbonyl (C=O) groups is 5. The lowest BCUT2D eigenvalue weighted by molar-refractivity contribution is -0.135. The first-order valence-corrected chi connectivity index (χ1v) is 13.0. The normalized spacial score (nSPS) is 13.9. The van der Waals surface area contributed by atoms with Gasteiger partial charge in [-0.05, 0) is 19.8 Å². The molecule has 11 nitrogen and oxygen atoms in total. The molecular weight excluding hydrogens is 482 g/mol. The second-order valence-corrected chi connectivity index (χ2v) is 10.2. The minimum Gasteiger partial charge on any atom is -0.393 e. The number of nitrogens with two attached hydrogens (primary N) is 1. The van der Waals surface area contributed by atoms with Gasteiger partial charge >= 0.3 is 0 Å². The number of nitrogens with one attached hydrogen (secondary N) is 2. The fraction of sp³-hybridized carbons (Fsp3) is 0.808. The summed E-state index contributed by atoms with van der Waals surface area (Å²) >= 11 is 0. The van der Waals surface area contributed by atoms with E-state index in [9.17, 15) is 29.1 Å². The molecule has 0 aromatic rings. The van der Waals surface area contributed by atoms with Gasteiger partial charge in [-0.2, -0.15) is 0 Å². The molecule has 0 spiro atoms. The summed E-state index contributed by atoms with van der Waals surface area (Å²) in [6, 6.07) is 0. The molecule has 0 bridgehead atoms. The number of hydrogen-bond donors (Lipinski definition) is 4. The molecule has 37 heavy (non-hydrogen) atoms. The minimum absolute atomic E-state index is 0.0370. The third-order valence-corrected chi connectivity index (χ3v) is 5.89. The van der Waals surface area contributed by atoms with Crippen molar-refractivity contribution in [3.63, 3.8) is 0 Å². The molecule has 0 saturated carbocycles. The van der Waals surface area contributed by atoms with Gasteiger partial charge in [-0.3, -0.25) is 24.0 Å². The Morgan fingerprint density at radius 2 is 1.51 bits per heavy atom. The van der Waals surface area contributed by atoms with Gasteiger partial charge in [0.1, 0.15) is 18.2 Å². The van der Waals surface area contributed by atoms with Crippen LogP contribution >= 0.6 is 0 Å². The highest BCUT2D eigenvalue weighted by molar-refractivity contribution is 5.92. The Balaban J connectivity index is 4.36. The maximum Gasteiger partial charge on any atom is 0.245 e. The number of hydrogen-bond acceptors (Lipinski definition) is 8. The van der Waals surface area contributed by atoms with Crippen molar-refractivity contribution >= 4 is 29.3 Å². The van der Waals surface area contributed by atoms with Gasteiger partial charge in [-0.1, -0.05) is 34.1 Å². The third kappa shape index (κ3) is 16.9. The molecule has 0 aromatic carbocycles. The van der Waals surface area contributed by atoms with Crippen molar-refractivity contribution in [1.29, 1.82) is 0 Å². The van der Waals surface area contributed by atoms with Crippen molar-refractivity contribution in [2.24, 2.45) is 23.0 Å². The highest BCUT2D eigenvalue weighted by Gasteiger charge is 2.31. The number of aliphatic hydroxyl groups excluding tert-OH is 1. The SMILES string of the molecule is CCC(=O)NCCOCCOCC(=O)NCCCC[C@H](CC(=O)C(C)(C)C)C(=O)C[C@H](C(N)=O)[C@@H](C)O. The van der Waals surface area contributed by atoms with Gasteiger partial charge in [0.15, 0.2) is 0 Å². The lowest BCUT2D eigenvalue weighted by Gasteiger charge is -2.23. The molecule has 0 aliphatic rings. The molecule has 0 aromatic heterocycles. The second kappa shape index (κ2) is 18.8. The minimum atomic E-state index is -1.06. The molecule has 0 aliphatic heterocycles. The van der Waals surface area contributed by atoms with Crippen LogP contribution in [0.5, 0.6) is 0 Å². The van der Waals surface area contributed by atoms with Crippen molar-refractivity contribution in [2.45, 2.75) is 79.2 Å². The van der Waals surface area contributed by atoms with Crippen LogP contribution < -0.4 is 16.4 Å². The standard InChI is InChI=1S/C26H47N3O8/c1-6-23(33)29-11-12-36-13-14-37-17-24(34)28-10-8-7-9-19(15-22(32)26(3,4)5)21(31)16-20(18(2)30)25(27)35/h18-20,30H,6-17H2,1-5H3,(H2,27,35)(H,28,34)(H,29,33)/t18-,19-,20+/m1/s1. The first-order valence-electron chi connectivity index (χ1n) is 13.0. The van der Waals surface area contributed by atoms with E-state index in [4.69, 9.17) is 15.2 Å². The fourth-order valence-electron chi connectivity index (χ4n) is 3.37. The average Bonchev–Trinajstić information content (AvgIpc) is 2.81. The van der Waals surface area contributed by atoms with Crippen molar-refractivity contribution in [3.8, 4) is 0 Å². The van der Waals surface area contributed by atoms with Crippen LogP contribution in [-0.2, 0) is 33.4 Å². The fourth-order valence-corrected chi connectivity index (χ4v) is 3.37. The summed E-state index contributed by atoms with van der Waals surface area (Å²) in [6.45, 7) is 10.2. The number of primary amides is 1. The van der Waals surface area contributed by atoms with E-state index >= 15 is 0 Å². The summed E-state index contributed by atoms with van der Waals surface area (Å²) in [5.41, 5.74) is 4.72. The number of aliphatic hydroxyl groups is 1. The molecule has 0 heterocycles. The number of unbranched alkanes of at least 4 members (excludes halogenated alkanes) is 1. The first kappa shape index (κ1) is 34.6. The summed E-state index contributed by atoms with van der Waals surface area (Å²) < 4.78 is 10.6. The highest BCUT2D eigenvalue weighted by Crippen LogP contribution is 2.25. The molecule has 214 valence electrons. The highest BCUT2D eigenvalue weighted by atomic mass is 16.5. The van der Waals surface area contributed by atoms with Gasteiger partial charge in [0.25, 0.3) is 0 Å². The Morgan fingerprint density at radius 1 is 0.892 bits per heavy atom. The van der Waals surface area contributed by atoms with Crippen LogP contribution in [0.3, 0.4) is 0 Å². The predicted molar refractivity (Wildman–Crippen MR) is 138 cm³/mol. The van der Waals surface area contributed by atoms with Crippen molar-refractivity contribution in [2.75, 3.05) is 39.5 Å². The van der Waals surface area contributed by atoms with Crippen LogP contribution in [0.15, 0.2) is 0 Å². The largest absolute Gasteiger partial charge is 0.393 e. The molecule has 0 saturated heterocycles. The number of ketones is 2. The van der Waals surface area contributed by atoms with Gasteiger partial charge in [0, 0.05) is 43.7 Å². The van der Waals surface area contributed by atoms with Crippen molar-refractivity contribution in [1.82, 2.24) is 10.6 Å². The topological polar surface area (TPSA) is 174 Å². The number of rotatable bonds is 21. The van der Waals surface area contributed by atoms with Crippen LogP contribution in [0.4, 0.5) is 0 Å². The Morgan fingerprint density at radius 3 is 2.08 bits per heavy atom. The summed E-state index contributed by atoms with van der Waals surface area (Å²) in [5, 5.41) is 15.2. The predicted octanol–water partition coefficient (Wildman–Crippen LogP) is 0.895.